The average molecular weight is 590 g/mol. The summed E-state index contributed by atoms with van der Waals surface area (Å²) < 4.78 is 2.13. The zero-order valence-electron chi connectivity index (χ0n) is 24.1. The van der Waals surface area contributed by atoms with Crippen molar-refractivity contribution in [2.75, 3.05) is 5.32 Å². The Morgan fingerprint density at radius 2 is 1.20 bits per heavy atom. The molecule has 0 aliphatic rings. The van der Waals surface area contributed by atoms with Crippen molar-refractivity contribution in [3.8, 4) is 49.5 Å². The van der Waals surface area contributed by atoms with Gasteiger partial charge >= 0.3 is 5.91 Å². The van der Waals surface area contributed by atoms with Crippen LogP contribution in [0.15, 0.2) is 146 Å². The minimum Gasteiger partial charge on any atom is -0.266 e. The van der Waals surface area contributed by atoms with E-state index in [-0.39, 0.29) is 5.91 Å². The number of carbonyl (C=O) groups is 1. The van der Waals surface area contributed by atoms with Gasteiger partial charge in [0.25, 0.3) is 5.82 Å². The molecule has 2 N–H and O–H groups in total. The first-order chi connectivity index (χ1) is 21.7. The Morgan fingerprint density at radius 1 is 0.659 bits per heavy atom. The van der Waals surface area contributed by atoms with E-state index in [1.54, 1.807) is 11.3 Å². The maximum Gasteiger partial charge on any atom is 0.311 e. The highest BCUT2D eigenvalue weighted by Crippen LogP contribution is 2.38. The Hall–Kier alpha value is -5.59. The first-order valence-corrected chi connectivity index (χ1v) is 15.3. The molecule has 0 spiro atoms. The summed E-state index contributed by atoms with van der Waals surface area (Å²) in [5, 5.41) is 5.08. The molecular formula is C38H29N4OS+. The van der Waals surface area contributed by atoms with Crippen molar-refractivity contribution in [3.63, 3.8) is 0 Å². The molecule has 7 rings (SSSR count). The number of rotatable bonds is 7. The predicted octanol–water partition coefficient (Wildman–Crippen LogP) is 8.98. The third-order valence-electron chi connectivity index (χ3n) is 7.46. The minimum absolute atomic E-state index is 0.194. The van der Waals surface area contributed by atoms with Crippen LogP contribution in [0.4, 0.5) is 5.82 Å². The van der Waals surface area contributed by atoms with E-state index in [1.807, 2.05) is 97.1 Å². The topological polar surface area (TPSA) is 61.7 Å². The molecule has 7 aromatic rings. The number of nitrogens with one attached hydrogen (secondary N) is 2. The van der Waals surface area contributed by atoms with E-state index >= 15 is 0 Å². The van der Waals surface area contributed by atoms with Crippen molar-refractivity contribution in [2.24, 2.45) is 0 Å². The fourth-order valence-electron chi connectivity index (χ4n) is 5.23. The van der Waals surface area contributed by atoms with Crippen molar-refractivity contribution < 1.29 is 9.36 Å². The van der Waals surface area contributed by atoms with Gasteiger partial charge in [-0.2, -0.15) is 4.57 Å². The van der Waals surface area contributed by atoms with E-state index in [1.165, 1.54) is 5.56 Å². The number of carbonyl (C=O) groups excluding carboxylic acids is 1. The number of aryl methyl sites for hydroxylation is 1. The van der Waals surface area contributed by atoms with Crippen LogP contribution < -0.4 is 9.88 Å². The standard InChI is InChI=1S/C38H28N4OS/c1-26-22-24-29(25-23-26)34-39-32(27-14-6-2-7-15-27)35(41-36(43)30-18-10-4-11-19-30)42(34)38-33(28-16-8-3-9-17-28)40-37(44-38)31-20-12-5-13-21-31/h2-25H,1H3,(H,41,43)/p+1. The molecule has 0 aliphatic carbocycles. The number of hydrogen-bond acceptors (Lipinski definition) is 3. The van der Waals surface area contributed by atoms with Crippen molar-refractivity contribution in [1.29, 1.82) is 0 Å². The van der Waals surface area contributed by atoms with E-state index < -0.39 is 0 Å². The lowest BCUT2D eigenvalue weighted by Crippen LogP contribution is -2.36. The molecule has 0 bridgehead atoms. The number of hydrogen-bond donors (Lipinski definition) is 2. The highest BCUT2D eigenvalue weighted by molar-refractivity contribution is 7.17. The van der Waals surface area contributed by atoms with Gasteiger partial charge in [0.1, 0.15) is 10.7 Å². The maximum atomic E-state index is 13.8. The van der Waals surface area contributed by atoms with Crippen LogP contribution in [0, 0.1) is 6.92 Å². The number of thiazole rings is 1. The van der Waals surface area contributed by atoms with Crippen LogP contribution in [0.2, 0.25) is 0 Å². The Balaban J connectivity index is 1.54. The van der Waals surface area contributed by atoms with Crippen LogP contribution in [0.3, 0.4) is 0 Å². The van der Waals surface area contributed by atoms with Gasteiger partial charge in [0.15, 0.2) is 10.7 Å². The second-order valence-electron chi connectivity index (χ2n) is 10.5. The summed E-state index contributed by atoms with van der Waals surface area (Å²) in [5.74, 6) is 1.29. The summed E-state index contributed by atoms with van der Waals surface area (Å²) in [6.45, 7) is 2.08. The molecule has 212 valence electrons. The molecule has 0 saturated heterocycles. The SMILES string of the molecule is Cc1ccc(-c2[nH]c(-c3ccccc3)c(NC(=O)c3ccccc3)[n+]2-c2sc(-c3ccccc3)nc2-c2ccccc2)cc1. The van der Waals surface area contributed by atoms with Crippen molar-refractivity contribution in [2.45, 2.75) is 6.92 Å². The number of imidazole rings is 1. The molecule has 0 atom stereocenters. The van der Waals surface area contributed by atoms with Crippen molar-refractivity contribution in [1.82, 2.24) is 9.97 Å². The third-order valence-corrected chi connectivity index (χ3v) is 8.55. The highest BCUT2D eigenvalue weighted by Gasteiger charge is 2.33. The molecule has 0 radical (unpaired) electrons. The third kappa shape index (κ3) is 5.35. The van der Waals surface area contributed by atoms with Gasteiger partial charge in [0.05, 0.1) is 5.56 Å². The molecule has 0 aliphatic heterocycles. The molecular weight excluding hydrogens is 561 g/mol. The normalized spacial score (nSPS) is 10.9. The molecule has 5 aromatic carbocycles. The van der Waals surface area contributed by atoms with Crippen LogP contribution in [0.5, 0.6) is 0 Å². The fourth-order valence-corrected chi connectivity index (χ4v) is 6.33. The molecule has 5 nitrogen and oxygen atoms in total. The monoisotopic (exact) mass is 589 g/mol. The van der Waals surface area contributed by atoms with E-state index in [0.29, 0.717) is 11.4 Å². The first kappa shape index (κ1) is 27.3. The van der Waals surface area contributed by atoms with Crippen LogP contribution in [0.1, 0.15) is 15.9 Å². The smallest absolute Gasteiger partial charge is 0.266 e. The Morgan fingerprint density at radius 3 is 1.82 bits per heavy atom. The predicted molar refractivity (Wildman–Crippen MR) is 179 cm³/mol. The number of nitrogens with zero attached hydrogens (tertiary/aromatic N) is 2. The molecule has 0 saturated carbocycles. The van der Waals surface area contributed by atoms with Gasteiger partial charge in [0.2, 0.25) is 5.82 Å². The van der Waals surface area contributed by atoms with Gasteiger partial charge in [-0.3, -0.25) is 9.78 Å². The van der Waals surface area contributed by atoms with Crippen molar-refractivity contribution in [3.05, 3.63) is 157 Å². The van der Waals surface area contributed by atoms with Gasteiger partial charge in [-0.1, -0.05) is 138 Å². The lowest BCUT2D eigenvalue weighted by molar-refractivity contribution is -0.562. The molecule has 1 amide bonds. The van der Waals surface area contributed by atoms with Gasteiger partial charge in [-0.05, 0) is 31.2 Å². The molecule has 0 fully saturated rings. The van der Waals surface area contributed by atoms with Gasteiger partial charge < -0.3 is 0 Å². The van der Waals surface area contributed by atoms with Gasteiger partial charge in [-0.15, -0.1) is 0 Å². The van der Waals surface area contributed by atoms with Crippen LogP contribution in [-0.4, -0.2) is 15.9 Å². The zero-order valence-corrected chi connectivity index (χ0v) is 24.9. The zero-order chi connectivity index (χ0) is 29.9. The molecule has 0 unspecified atom stereocenters. The van der Waals surface area contributed by atoms with Crippen LogP contribution in [-0.2, 0) is 0 Å². The Kier molecular flexibility index (Phi) is 7.41. The fraction of sp³-hybridized carbons (Fsp3) is 0.0263. The number of anilines is 1. The Bertz CT molecular complexity index is 2030. The largest absolute Gasteiger partial charge is 0.311 e. The van der Waals surface area contributed by atoms with Gasteiger partial charge in [0, 0.05) is 22.3 Å². The highest BCUT2D eigenvalue weighted by atomic mass is 32.1. The second kappa shape index (κ2) is 12.0. The van der Waals surface area contributed by atoms with E-state index in [4.69, 9.17) is 4.98 Å². The molecule has 2 heterocycles. The lowest BCUT2D eigenvalue weighted by atomic mass is 10.1. The summed E-state index contributed by atoms with van der Waals surface area (Å²) in [6, 6.07) is 48.3. The number of H-pyrrole nitrogens is 1. The second-order valence-corrected chi connectivity index (χ2v) is 11.5. The molecule has 2 aromatic heterocycles. The summed E-state index contributed by atoms with van der Waals surface area (Å²) in [7, 11) is 0. The summed E-state index contributed by atoms with van der Waals surface area (Å²) >= 11 is 1.60. The summed E-state index contributed by atoms with van der Waals surface area (Å²) in [4.78, 5) is 22.7. The van der Waals surface area contributed by atoms with E-state index in [0.717, 1.165) is 49.5 Å². The van der Waals surface area contributed by atoms with E-state index in [9.17, 15) is 4.79 Å². The van der Waals surface area contributed by atoms with Crippen LogP contribution >= 0.6 is 11.3 Å². The number of amides is 1. The van der Waals surface area contributed by atoms with Crippen molar-refractivity contribution >= 4 is 23.1 Å². The number of aromatic amines is 1. The lowest BCUT2D eigenvalue weighted by Gasteiger charge is -2.08. The first-order valence-electron chi connectivity index (χ1n) is 14.4. The number of aromatic nitrogens is 3. The quantitative estimate of drug-likeness (QED) is 0.182. The molecule has 6 heteroatoms. The van der Waals surface area contributed by atoms with E-state index in [2.05, 4.69) is 70.3 Å². The molecule has 44 heavy (non-hydrogen) atoms. The number of benzene rings is 5. The Labute approximate surface area is 260 Å². The average Bonchev–Trinajstić information content (AvgIpc) is 3.69. The minimum atomic E-state index is -0.194. The summed E-state index contributed by atoms with van der Waals surface area (Å²) in [6.07, 6.45) is 0. The van der Waals surface area contributed by atoms with Gasteiger partial charge in [-0.25, -0.2) is 10.3 Å². The van der Waals surface area contributed by atoms with Crippen LogP contribution in [0.25, 0.3) is 49.5 Å². The summed E-state index contributed by atoms with van der Waals surface area (Å²) in [5.41, 5.74) is 7.35. The maximum absolute atomic E-state index is 13.8.